The number of carbonyl (C=O) groups excluding carboxylic acids is 1. The van der Waals surface area contributed by atoms with Gasteiger partial charge in [0.05, 0.1) is 4.34 Å². The van der Waals surface area contributed by atoms with E-state index in [1.54, 1.807) is 23.5 Å². The van der Waals surface area contributed by atoms with E-state index in [4.69, 9.17) is 11.6 Å². The lowest BCUT2D eigenvalue weighted by Crippen LogP contribution is -2.39. The molecule has 2 aromatic rings. The third kappa shape index (κ3) is 4.79. The van der Waals surface area contributed by atoms with Crippen molar-refractivity contribution in [2.24, 2.45) is 5.92 Å². The lowest BCUT2D eigenvalue weighted by Gasteiger charge is -2.30. The number of hydrogen-bond donors (Lipinski definition) is 1. The Bertz CT molecular complexity index is 681. The zero-order chi connectivity index (χ0) is 16.9. The number of piperidine rings is 1. The molecule has 0 atom stereocenters. The number of hydrogen-bond acceptors (Lipinski definition) is 3. The third-order valence-electron chi connectivity index (χ3n) is 4.35. The summed E-state index contributed by atoms with van der Waals surface area (Å²) in [5.74, 6) is -0.101. The summed E-state index contributed by atoms with van der Waals surface area (Å²) in [6.45, 7) is 3.20. The number of halogens is 2. The van der Waals surface area contributed by atoms with Crippen molar-refractivity contribution in [1.29, 1.82) is 0 Å². The fraction of sp³-hybridized carbons (Fsp3) is 0.389. The first-order chi connectivity index (χ1) is 11.6. The molecule has 1 N–H and O–H groups in total. The summed E-state index contributed by atoms with van der Waals surface area (Å²) >= 11 is 7.58. The van der Waals surface area contributed by atoms with Crippen molar-refractivity contribution >= 4 is 28.8 Å². The number of nitrogens with zero attached hydrogens (tertiary/aromatic N) is 1. The Balaban J connectivity index is 1.42. The molecular weight excluding hydrogens is 347 g/mol. The fourth-order valence-electron chi connectivity index (χ4n) is 2.95. The average molecular weight is 367 g/mol. The van der Waals surface area contributed by atoms with E-state index in [2.05, 4.69) is 16.3 Å². The molecule has 3 rings (SSSR count). The monoisotopic (exact) mass is 366 g/mol. The molecule has 0 radical (unpaired) electrons. The van der Waals surface area contributed by atoms with Crippen molar-refractivity contribution < 1.29 is 9.18 Å². The van der Waals surface area contributed by atoms with E-state index in [1.165, 1.54) is 17.0 Å². The molecule has 3 nitrogen and oxygen atoms in total. The molecule has 1 saturated heterocycles. The van der Waals surface area contributed by atoms with Crippen LogP contribution >= 0.6 is 22.9 Å². The Labute approximate surface area is 150 Å². The van der Waals surface area contributed by atoms with Gasteiger partial charge in [-0.05, 0) is 55.8 Å². The van der Waals surface area contributed by atoms with Gasteiger partial charge in [-0.2, -0.15) is 0 Å². The summed E-state index contributed by atoms with van der Waals surface area (Å²) in [4.78, 5) is 15.9. The summed E-state index contributed by atoms with van der Waals surface area (Å²) < 4.78 is 13.7. The van der Waals surface area contributed by atoms with Gasteiger partial charge in [0.15, 0.2) is 0 Å². The minimum atomic E-state index is -0.260. The van der Waals surface area contributed by atoms with Crippen LogP contribution in [0.2, 0.25) is 4.34 Å². The minimum Gasteiger partial charge on any atom is -0.352 e. The molecular formula is C18H20ClFN2OS. The predicted molar refractivity (Wildman–Crippen MR) is 95.6 cm³/mol. The van der Waals surface area contributed by atoms with Gasteiger partial charge in [-0.1, -0.05) is 23.7 Å². The second-order valence-corrected chi connectivity index (χ2v) is 7.90. The van der Waals surface area contributed by atoms with Crippen LogP contribution in [0.3, 0.4) is 0 Å². The Hall–Kier alpha value is -1.43. The lowest BCUT2D eigenvalue weighted by atomic mass is 9.96. The highest BCUT2D eigenvalue weighted by molar-refractivity contribution is 7.16. The highest BCUT2D eigenvalue weighted by Gasteiger charge is 2.24. The maximum atomic E-state index is 12.9. The van der Waals surface area contributed by atoms with E-state index in [-0.39, 0.29) is 17.6 Å². The van der Waals surface area contributed by atoms with Crippen LogP contribution in [0, 0.1) is 11.7 Å². The fourth-order valence-corrected chi connectivity index (χ4v) is 4.08. The van der Waals surface area contributed by atoms with E-state index >= 15 is 0 Å². The molecule has 1 amide bonds. The van der Waals surface area contributed by atoms with Crippen molar-refractivity contribution in [2.75, 3.05) is 13.1 Å². The van der Waals surface area contributed by atoms with Crippen LogP contribution in [0.25, 0.3) is 0 Å². The van der Waals surface area contributed by atoms with Crippen molar-refractivity contribution in [3.63, 3.8) is 0 Å². The van der Waals surface area contributed by atoms with Gasteiger partial charge < -0.3 is 5.32 Å². The first-order valence-corrected chi connectivity index (χ1v) is 9.28. The van der Waals surface area contributed by atoms with E-state index < -0.39 is 0 Å². The van der Waals surface area contributed by atoms with Crippen molar-refractivity contribution in [3.8, 4) is 0 Å². The highest BCUT2D eigenvalue weighted by Crippen LogP contribution is 2.25. The van der Waals surface area contributed by atoms with Crippen molar-refractivity contribution in [2.45, 2.75) is 25.9 Å². The first-order valence-electron chi connectivity index (χ1n) is 8.09. The number of thiophene rings is 1. The maximum Gasteiger partial charge on any atom is 0.223 e. The van der Waals surface area contributed by atoms with Crippen LogP contribution in [0.4, 0.5) is 4.39 Å². The van der Waals surface area contributed by atoms with E-state index in [1.807, 2.05) is 6.07 Å². The SMILES string of the molecule is O=C(NCc1ccc(F)cc1)C1CCN(Cc2ccc(Cl)s2)CC1. The second kappa shape index (κ2) is 8.10. The maximum absolute atomic E-state index is 12.9. The van der Waals surface area contributed by atoms with Crippen LogP contribution in [0.1, 0.15) is 23.3 Å². The molecule has 0 unspecified atom stereocenters. The molecule has 2 heterocycles. The quantitative estimate of drug-likeness (QED) is 0.865. The molecule has 24 heavy (non-hydrogen) atoms. The van der Waals surface area contributed by atoms with E-state index in [0.717, 1.165) is 42.4 Å². The summed E-state index contributed by atoms with van der Waals surface area (Å²) in [7, 11) is 0. The predicted octanol–water partition coefficient (Wildman–Crippen LogP) is 4.07. The summed E-state index contributed by atoms with van der Waals surface area (Å²) in [5.41, 5.74) is 0.914. The zero-order valence-electron chi connectivity index (χ0n) is 13.3. The number of nitrogens with one attached hydrogen (secondary N) is 1. The standard InChI is InChI=1S/C18H20ClFN2OS/c19-17-6-5-16(24-17)12-22-9-7-14(8-10-22)18(23)21-11-13-1-3-15(20)4-2-13/h1-6,14H,7-12H2,(H,21,23). The van der Waals surface area contributed by atoms with Gasteiger partial charge in [0.25, 0.3) is 0 Å². The van der Waals surface area contributed by atoms with Gasteiger partial charge in [0.2, 0.25) is 5.91 Å². The second-order valence-electron chi connectivity index (χ2n) is 6.10. The van der Waals surface area contributed by atoms with Gasteiger partial charge >= 0.3 is 0 Å². The summed E-state index contributed by atoms with van der Waals surface area (Å²) in [6.07, 6.45) is 1.74. The third-order valence-corrected chi connectivity index (χ3v) is 5.56. The topological polar surface area (TPSA) is 32.3 Å². The van der Waals surface area contributed by atoms with Crippen LogP contribution in [-0.2, 0) is 17.9 Å². The van der Waals surface area contributed by atoms with Gasteiger partial charge in [0.1, 0.15) is 5.82 Å². The molecule has 1 aliphatic rings. The van der Waals surface area contributed by atoms with Crippen LogP contribution in [-0.4, -0.2) is 23.9 Å². The largest absolute Gasteiger partial charge is 0.352 e. The van der Waals surface area contributed by atoms with E-state index in [0.29, 0.717) is 6.54 Å². The highest BCUT2D eigenvalue weighted by atomic mass is 35.5. The summed E-state index contributed by atoms with van der Waals surface area (Å²) in [6, 6.07) is 10.2. The lowest BCUT2D eigenvalue weighted by molar-refractivity contribution is -0.126. The number of rotatable bonds is 5. The average Bonchev–Trinajstić information content (AvgIpc) is 2.99. The molecule has 1 fully saturated rings. The molecule has 0 saturated carbocycles. The molecule has 6 heteroatoms. The number of amides is 1. The Morgan fingerprint density at radius 2 is 1.92 bits per heavy atom. The van der Waals surface area contributed by atoms with Crippen LogP contribution in [0.5, 0.6) is 0 Å². The molecule has 0 spiro atoms. The molecule has 0 bridgehead atoms. The Kier molecular flexibility index (Phi) is 5.87. The van der Waals surface area contributed by atoms with Gasteiger partial charge in [0, 0.05) is 23.9 Å². The molecule has 0 aliphatic carbocycles. The van der Waals surface area contributed by atoms with Gasteiger partial charge in [-0.3, -0.25) is 9.69 Å². The Morgan fingerprint density at radius 1 is 1.21 bits per heavy atom. The number of benzene rings is 1. The molecule has 1 aliphatic heterocycles. The Morgan fingerprint density at radius 3 is 2.54 bits per heavy atom. The van der Waals surface area contributed by atoms with Crippen molar-refractivity contribution in [3.05, 3.63) is 57.0 Å². The smallest absolute Gasteiger partial charge is 0.223 e. The number of likely N-dealkylation sites (tertiary alicyclic amines) is 1. The normalized spacial score (nSPS) is 16.2. The minimum absolute atomic E-state index is 0.0635. The van der Waals surface area contributed by atoms with Gasteiger partial charge in [-0.15, -0.1) is 11.3 Å². The summed E-state index contributed by atoms with van der Waals surface area (Å²) in [5, 5.41) is 2.96. The van der Waals surface area contributed by atoms with Crippen LogP contribution < -0.4 is 5.32 Å². The zero-order valence-corrected chi connectivity index (χ0v) is 14.9. The van der Waals surface area contributed by atoms with Crippen molar-refractivity contribution in [1.82, 2.24) is 10.2 Å². The van der Waals surface area contributed by atoms with E-state index in [9.17, 15) is 9.18 Å². The molecule has 1 aromatic heterocycles. The van der Waals surface area contributed by atoms with Gasteiger partial charge in [-0.25, -0.2) is 4.39 Å². The number of carbonyl (C=O) groups is 1. The molecule has 1 aromatic carbocycles. The van der Waals surface area contributed by atoms with Crippen LogP contribution in [0.15, 0.2) is 36.4 Å². The molecule has 128 valence electrons. The first kappa shape index (κ1) is 17.4.